The van der Waals surface area contributed by atoms with E-state index in [1.54, 1.807) is 23.9 Å². The van der Waals surface area contributed by atoms with Gasteiger partial charge >= 0.3 is 0 Å². The summed E-state index contributed by atoms with van der Waals surface area (Å²) in [6.07, 6.45) is 2.15. The van der Waals surface area contributed by atoms with Gasteiger partial charge in [-0.2, -0.15) is 0 Å². The number of ether oxygens (including phenoxy) is 1. The van der Waals surface area contributed by atoms with E-state index in [0.717, 1.165) is 25.0 Å². The maximum absolute atomic E-state index is 12.1. The second-order valence-corrected chi connectivity index (χ2v) is 6.26. The van der Waals surface area contributed by atoms with Crippen molar-refractivity contribution in [2.24, 2.45) is 0 Å². The lowest BCUT2D eigenvalue weighted by atomic mass is 10.1. The summed E-state index contributed by atoms with van der Waals surface area (Å²) in [6.45, 7) is 1.37. The van der Waals surface area contributed by atoms with Gasteiger partial charge in [-0.05, 0) is 30.5 Å². The molecule has 2 saturated heterocycles. The van der Waals surface area contributed by atoms with Gasteiger partial charge < -0.3 is 9.64 Å². The summed E-state index contributed by atoms with van der Waals surface area (Å²) in [5, 5.41) is 10.6. The minimum absolute atomic E-state index is 0.0671. The summed E-state index contributed by atoms with van der Waals surface area (Å²) in [4.78, 5) is 24.2. The number of non-ortho nitro benzene ring substituents is 1. The van der Waals surface area contributed by atoms with Crippen LogP contribution in [0.25, 0.3) is 0 Å². The second-order valence-electron chi connectivity index (χ2n) is 5.19. The Hall–Kier alpha value is -1.60. The number of hydrogen-bond donors (Lipinski definition) is 0. The molecule has 6 nitrogen and oxygen atoms in total. The Morgan fingerprint density at radius 3 is 2.76 bits per heavy atom. The number of rotatable bonds is 4. The number of amides is 1. The molecular formula is C14H16N2O4S. The van der Waals surface area contributed by atoms with E-state index in [0.29, 0.717) is 12.3 Å². The van der Waals surface area contributed by atoms with Crippen LogP contribution in [0.2, 0.25) is 0 Å². The first-order valence-corrected chi connectivity index (χ1v) is 7.97. The van der Waals surface area contributed by atoms with Crippen LogP contribution in [0.5, 0.6) is 0 Å². The summed E-state index contributed by atoms with van der Waals surface area (Å²) in [5.41, 5.74) is 0.994. The smallest absolute Gasteiger partial charge is 0.269 e. The van der Waals surface area contributed by atoms with Crippen LogP contribution in [0.15, 0.2) is 24.3 Å². The van der Waals surface area contributed by atoms with E-state index < -0.39 is 4.92 Å². The molecule has 3 rings (SSSR count). The zero-order valence-corrected chi connectivity index (χ0v) is 12.3. The van der Waals surface area contributed by atoms with Crippen LogP contribution in [0.3, 0.4) is 0 Å². The molecule has 0 N–H and O–H groups in total. The molecule has 0 radical (unpaired) electrons. The van der Waals surface area contributed by atoms with Crippen molar-refractivity contribution in [1.29, 1.82) is 0 Å². The molecule has 112 valence electrons. The van der Waals surface area contributed by atoms with Crippen LogP contribution < -0.4 is 0 Å². The Bertz CT molecular complexity index is 542. The maximum atomic E-state index is 12.1. The Balaban J connectivity index is 1.75. The Labute approximate surface area is 126 Å². The van der Waals surface area contributed by atoms with Crippen molar-refractivity contribution in [2.45, 2.75) is 24.3 Å². The fourth-order valence-corrected chi connectivity index (χ4v) is 3.90. The molecule has 0 spiro atoms. The zero-order chi connectivity index (χ0) is 14.8. The van der Waals surface area contributed by atoms with E-state index in [1.807, 2.05) is 4.90 Å². The number of thioether (sulfide) groups is 1. The van der Waals surface area contributed by atoms with Gasteiger partial charge in [0.15, 0.2) is 0 Å². The van der Waals surface area contributed by atoms with Crippen molar-refractivity contribution in [1.82, 2.24) is 4.90 Å². The molecule has 0 aromatic heterocycles. The number of benzene rings is 1. The number of carbonyl (C=O) groups is 1. The SMILES string of the molecule is O=C1CS[C@H](c2ccc([N+](=O)[O-])cc2)N1C[C@@H]1CCCO1. The summed E-state index contributed by atoms with van der Waals surface area (Å²) < 4.78 is 5.61. The highest BCUT2D eigenvalue weighted by Crippen LogP contribution is 2.39. The molecule has 0 unspecified atom stereocenters. The fourth-order valence-electron chi connectivity index (χ4n) is 2.70. The molecular weight excluding hydrogens is 292 g/mol. The molecule has 0 saturated carbocycles. The fraction of sp³-hybridized carbons (Fsp3) is 0.500. The van der Waals surface area contributed by atoms with Gasteiger partial charge in [-0.15, -0.1) is 11.8 Å². The molecule has 2 atom stereocenters. The molecule has 2 heterocycles. The van der Waals surface area contributed by atoms with Crippen LogP contribution in [0.1, 0.15) is 23.8 Å². The van der Waals surface area contributed by atoms with E-state index in [2.05, 4.69) is 0 Å². The largest absolute Gasteiger partial charge is 0.376 e. The minimum atomic E-state index is -0.416. The van der Waals surface area contributed by atoms with Crippen molar-refractivity contribution < 1.29 is 14.5 Å². The molecule has 21 heavy (non-hydrogen) atoms. The second kappa shape index (κ2) is 6.03. The molecule has 0 aliphatic carbocycles. The summed E-state index contributed by atoms with van der Waals surface area (Å²) in [7, 11) is 0. The van der Waals surface area contributed by atoms with Gasteiger partial charge in [-0.25, -0.2) is 0 Å². The molecule has 7 heteroatoms. The third-order valence-corrected chi connectivity index (χ3v) is 5.04. The first-order valence-electron chi connectivity index (χ1n) is 6.92. The lowest BCUT2D eigenvalue weighted by molar-refractivity contribution is -0.384. The lowest BCUT2D eigenvalue weighted by Gasteiger charge is -2.26. The molecule has 2 aliphatic heterocycles. The first-order chi connectivity index (χ1) is 10.1. The average molecular weight is 308 g/mol. The summed E-state index contributed by atoms with van der Waals surface area (Å²) in [6, 6.07) is 6.44. The van der Waals surface area contributed by atoms with E-state index in [9.17, 15) is 14.9 Å². The normalized spacial score (nSPS) is 25.5. The minimum Gasteiger partial charge on any atom is -0.376 e. The standard InChI is InChI=1S/C14H16N2O4S/c17-13-9-21-14(15(13)8-12-2-1-7-20-12)10-3-5-11(6-4-10)16(18)19/h3-6,12,14H,1-2,7-9H2/t12-,14+/m0/s1. The lowest BCUT2D eigenvalue weighted by Crippen LogP contribution is -2.35. The third kappa shape index (κ3) is 3.03. The zero-order valence-electron chi connectivity index (χ0n) is 11.4. The average Bonchev–Trinajstić information content (AvgIpc) is 3.11. The van der Waals surface area contributed by atoms with Crippen molar-refractivity contribution in [2.75, 3.05) is 18.9 Å². The van der Waals surface area contributed by atoms with Gasteiger partial charge in [-0.3, -0.25) is 14.9 Å². The van der Waals surface area contributed by atoms with Crippen molar-refractivity contribution >= 4 is 23.4 Å². The van der Waals surface area contributed by atoms with Crippen LogP contribution in [-0.4, -0.2) is 40.7 Å². The highest BCUT2D eigenvalue weighted by atomic mass is 32.2. The number of carbonyl (C=O) groups excluding carboxylic acids is 1. The quantitative estimate of drug-likeness (QED) is 0.630. The number of nitro benzene ring substituents is 1. The number of hydrogen-bond acceptors (Lipinski definition) is 5. The highest BCUT2D eigenvalue weighted by molar-refractivity contribution is 8.00. The topological polar surface area (TPSA) is 72.7 Å². The van der Waals surface area contributed by atoms with Gasteiger partial charge in [0.2, 0.25) is 5.91 Å². The monoisotopic (exact) mass is 308 g/mol. The predicted molar refractivity (Wildman–Crippen MR) is 79.0 cm³/mol. The summed E-state index contributed by atoms with van der Waals surface area (Å²) in [5.74, 6) is 0.563. The van der Waals surface area contributed by atoms with Crippen molar-refractivity contribution in [3.63, 3.8) is 0 Å². The van der Waals surface area contributed by atoms with Crippen molar-refractivity contribution in [3.05, 3.63) is 39.9 Å². The first kappa shape index (κ1) is 14.3. The van der Waals surface area contributed by atoms with Gasteiger partial charge in [0.05, 0.1) is 16.8 Å². The summed E-state index contributed by atoms with van der Waals surface area (Å²) >= 11 is 1.56. The van der Waals surface area contributed by atoms with Gasteiger partial charge in [-0.1, -0.05) is 0 Å². The van der Waals surface area contributed by atoms with Gasteiger partial charge in [0, 0.05) is 25.3 Å². The number of nitro groups is 1. The molecule has 2 aliphatic rings. The van der Waals surface area contributed by atoms with Crippen LogP contribution in [0.4, 0.5) is 5.69 Å². The Morgan fingerprint density at radius 1 is 1.38 bits per heavy atom. The Kier molecular flexibility index (Phi) is 4.12. The maximum Gasteiger partial charge on any atom is 0.269 e. The predicted octanol–water partition coefficient (Wildman–Crippen LogP) is 2.35. The van der Waals surface area contributed by atoms with E-state index in [1.165, 1.54) is 12.1 Å². The molecule has 0 bridgehead atoms. The Morgan fingerprint density at radius 2 is 2.14 bits per heavy atom. The van der Waals surface area contributed by atoms with Crippen LogP contribution in [0, 0.1) is 10.1 Å². The van der Waals surface area contributed by atoms with Crippen LogP contribution in [-0.2, 0) is 9.53 Å². The van der Waals surface area contributed by atoms with E-state index in [4.69, 9.17) is 4.74 Å². The molecule has 1 aromatic rings. The van der Waals surface area contributed by atoms with Crippen molar-refractivity contribution in [3.8, 4) is 0 Å². The molecule has 1 aromatic carbocycles. The number of nitrogens with zero attached hydrogens (tertiary/aromatic N) is 2. The molecule has 2 fully saturated rings. The van der Waals surface area contributed by atoms with Gasteiger partial charge in [0.25, 0.3) is 5.69 Å². The highest BCUT2D eigenvalue weighted by Gasteiger charge is 2.35. The van der Waals surface area contributed by atoms with Gasteiger partial charge in [0.1, 0.15) is 5.37 Å². The van der Waals surface area contributed by atoms with E-state index in [-0.39, 0.29) is 23.1 Å². The van der Waals surface area contributed by atoms with E-state index >= 15 is 0 Å². The third-order valence-electron chi connectivity index (χ3n) is 3.78. The molecule has 1 amide bonds. The van der Waals surface area contributed by atoms with Crippen LogP contribution >= 0.6 is 11.8 Å².